The molecule has 2 amide bonds. The molecule has 1 aliphatic carbocycles. The molecule has 2 saturated heterocycles. The lowest BCUT2D eigenvalue weighted by Crippen LogP contribution is -2.46. The number of ether oxygens (including phenoxy) is 1. The van der Waals surface area contributed by atoms with Gasteiger partial charge in [-0.15, -0.1) is 0 Å². The third-order valence-corrected chi connectivity index (χ3v) is 5.79. The van der Waals surface area contributed by atoms with E-state index in [-0.39, 0.29) is 30.6 Å². The Kier molecular flexibility index (Phi) is 7.62. The number of piperidine rings is 1. The van der Waals surface area contributed by atoms with Crippen molar-refractivity contribution >= 4 is 12.5 Å². The van der Waals surface area contributed by atoms with Crippen molar-refractivity contribution in [2.75, 3.05) is 0 Å². The van der Waals surface area contributed by atoms with Crippen molar-refractivity contribution in [1.82, 2.24) is 10.2 Å². The van der Waals surface area contributed by atoms with Crippen molar-refractivity contribution in [3.05, 3.63) is 0 Å². The van der Waals surface area contributed by atoms with Crippen molar-refractivity contribution in [2.24, 2.45) is 5.92 Å². The third-order valence-electron chi connectivity index (χ3n) is 5.79. The number of carbonyl (C=O) groups is 2. The highest BCUT2D eigenvalue weighted by Crippen LogP contribution is 2.37. The Morgan fingerprint density at radius 2 is 1.50 bits per heavy atom. The summed E-state index contributed by atoms with van der Waals surface area (Å²) in [7, 11) is 0. The van der Waals surface area contributed by atoms with Gasteiger partial charge < -0.3 is 15.0 Å². The Bertz CT molecular complexity index is 510. The largest absolute Gasteiger partial charge is 0.444 e. The van der Waals surface area contributed by atoms with Crippen molar-refractivity contribution in [1.29, 1.82) is 0 Å². The van der Waals surface area contributed by atoms with Gasteiger partial charge in [-0.3, -0.25) is 4.79 Å². The van der Waals surface area contributed by atoms with Gasteiger partial charge in [-0.25, -0.2) is 4.79 Å². The molecule has 8 heteroatoms. The second-order valence-electron chi connectivity index (χ2n) is 9.08. The maximum absolute atomic E-state index is 12.2. The van der Waals surface area contributed by atoms with Crippen molar-refractivity contribution in [3.63, 3.8) is 0 Å². The van der Waals surface area contributed by atoms with E-state index in [1.165, 1.54) is 19.3 Å². The van der Waals surface area contributed by atoms with Crippen LogP contribution in [0.3, 0.4) is 0 Å². The number of alkyl halides is 3. The van der Waals surface area contributed by atoms with Crippen LogP contribution < -0.4 is 5.32 Å². The average Bonchev–Trinajstić information content (AvgIpc) is 2.84. The molecule has 3 fully saturated rings. The lowest BCUT2D eigenvalue weighted by Gasteiger charge is -2.35. The molecule has 3 aliphatic rings. The van der Waals surface area contributed by atoms with E-state index in [0.29, 0.717) is 31.3 Å². The second kappa shape index (κ2) is 9.35. The first-order valence-corrected chi connectivity index (χ1v) is 10.3. The van der Waals surface area contributed by atoms with Crippen molar-refractivity contribution in [3.8, 4) is 0 Å². The molecule has 2 bridgehead atoms. The highest BCUT2D eigenvalue weighted by molar-refractivity contribution is 5.69. The number of carbonyl (C=O) groups excluding carboxylic acids is 2. The van der Waals surface area contributed by atoms with E-state index in [2.05, 4.69) is 5.32 Å². The lowest BCUT2D eigenvalue weighted by molar-refractivity contribution is -0.182. The Hall–Kier alpha value is -1.47. The summed E-state index contributed by atoms with van der Waals surface area (Å²) in [5, 5.41) is 2.51. The molecule has 5 nitrogen and oxygen atoms in total. The number of nitrogens with zero attached hydrogens (tertiary/aromatic N) is 1. The Balaban J connectivity index is 0.000000203. The van der Waals surface area contributed by atoms with E-state index in [0.717, 1.165) is 12.8 Å². The predicted octanol–water partition coefficient (Wildman–Crippen LogP) is 4.79. The van der Waals surface area contributed by atoms with Gasteiger partial charge in [0.25, 0.3) is 0 Å². The maximum atomic E-state index is 12.2. The molecule has 2 heterocycles. The minimum atomic E-state index is -4.06. The van der Waals surface area contributed by atoms with Gasteiger partial charge in [-0.1, -0.05) is 0 Å². The number of fused-ring (bicyclic) bond motifs is 2. The summed E-state index contributed by atoms with van der Waals surface area (Å²) in [6.07, 6.45) is 3.46. The summed E-state index contributed by atoms with van der Waals surface area (Å²) >= 11 is 0. The number of hydrogen-bond donors (Lipinski definition) is 1. The Morgan fingerprint density at radius 1 is 0.964 bits per heavy atom. The van der Waals surface area contributed by atoms with Crippen LogP contribution in [0.2, 0.25) is 0 Å². The molecule has 0 aromatic heterocycles. The summed E-state index contributed by atoms with van der Waals surface area (Å²) in [5.74, 6) is -1.17. The van der Waals surface area contributed by atoms with Gasteiger partial charge in [0.1, 0.15) is 5.60 Å². The third kappa shape index (κ3) is 6.55. The fraction of sp³-hybridized carbons (Fsp3) is 0.900. The Morgan fingerprint density at radius 3 is 1.93 bits per heavy atom. The van der Waals surface area contributed by atoms with Gasteiger partial charge in [-0.2, -0.15) is 13.2 Å². The summed E-state index contributed by atoms with van der Waals surface area (Å²) < 4.78 is 41.9. The molecule has 0 aromatic carbocycles. The van der Waals surface area contributed by atoms with Crippen LogP contribution in [0.4, 0.5) is 18.0 Å². The van der Waals surface area contributed by atoms with Gasteiger partial charge >= 0.3 is 12.3 Å². The van der Waals surface area contributed by atoms with Crippen LogP contribution in [0.1, 0.15) is 78.6 Å². The van der Waals surface area contributed by atoms with E-state index in [1.54, 1.807) is 0 Å². The maximum Gasteiger partial charge on any atom is 0.410 e. The van der Waals surface area contributed by atoms with E-state index >= 15 is 0 Å². The first-order chi connectivity index (χ1) is 13.0. The zero-order valence-electron chi connectivity index (χ0n) is 17.1. The monoisotopic (exact) mass is 406 g/mol. The van der Waals surface area contributed by atoms with E-state index in [1.807, 2.05) is 25.7 Å². The van der Waals surface area contributed by atoms with Crippen LogP contribution in [-0.4, -0.2) is 47.3 Å². The van der Waals surface area contributed by atoms with Crippen LogP contribution >= 0.6 is 0 Å². The normalized spacial score (nSPS) is 30.1. The van der Waals surface area contributed by atoms with Crippen molar-refractivity contribution < 1.29 is 27.5 Å². The molecular weight excluding hydrogens is 373 g/mol. The fourth-order valence-corrected chi connectivity index (χ4v) is 4.41. The molecule has 2 unspecified atom stereocenters. The average molecular weight is 406 g/mol. The van der Waals surface area contributed by atoms with Crippen LogP contribution in [-0.2, 0) is 9.53 Å². The summed E-state index contributed by atoms with van der Waals surface area (Å²) in [5.41, 5.74) is -0.367. The molecule has 3 rings (SSSR count). The molecule has 0 spiro atoms. The fourth-order valence-electron chi connectivity index (χ4n) is 4.41. The number of rotatable bonds is 2. The van der Waals surface area contributed by atoms with E-state index < -0.39 is 12.1 Å². The van der Waals surface area contributed by atoms with Crippen LogP contribution in [0.5, 0.6) is 0 Å². The molecule has 0 radical (unpaired) electrons. The second-order valence-corrected chi connectivity index (χ2v) is 9.08. The van der Waals surface area contributed by atoms with Gasteiger partial charge in [-0.05, 0) is 78.6 Å². The highest BCUT2D eigenvalue weighted by Gasteiger charge is 2.42. The molecule has 1 saturated carbocycles. The van der Waals surface area contributed by atoms with Crippen LogP contribution in [0.25, 0.3) is 0 Å². The van der Waals surface area contributed by atoms with Crippen LogP contribution in [0.15, 0.2) is 0 Å². The van der Waals surface area contributed by atoms with Gasteiger partial charge in [0.15, 0.2) is 0 Å². The van der Waals surface area contributed by atoms with Crippen LogP contribution in [0, 0.1) is 5.92 Å². The summed E-state index contributed by atoms with van der Waals surface area (Å²) in [4.78, 5) is 24.0. The summed E-state index contributed by atoms with van der Waals surface area (Å²) in [6, 6.07) is 0.855. The zero-order valence-corrected chi connectivity index (χ0v) is 17.1. The molecule has 2 aliphatic heterocycles. The molecule has 28 heavy (non-hydrogen) atoms. The van der Waals surface area contributed by atoms with E-state index in [9.17, 15) is 22.8 Å². The van der Waals surface area contributed by atoms with Crippen molar-refractivity contribution in [2.45, 2.75) is 108 Å². The number of nitrogens with one attached hydrogen (secondary N) is 1. The first-order valence-electron chi connectivity index (χ1n) is 10.3. The molecule has 1 N–H and O–H groups in total. The Labute approximate surface area is 165 Å². The molecular formula is C20H33F3N2O3. The minimum absolute atomic E-state index is 0.0592. The zero-order chi connectivity index (χ0) is 20.9. The molecule has 162 valence electrons. The van der Waals surface area contributed by atoms with E-state index in [4.69, 9.17) is 4.74 Å². The number of halogens is 3. The highest BCUT2D eigenvalue weighted by atomic mass is 19.4. The van der Waals surface area contributed by atoms with Gasteiger partial charge in [0, 0.05) is 18.1 Å². The quantitative estimate of drug-likeness (QED) is 0.671. The summed E-state index contributed by atoms with van der Waals surface area (Å²) in [6.45, 7) is 5.78. The SMILES string of the molecule is CC(C)(C)OC(=O)N1C2CCCC1CC2.O=CNC1CCC(C(F)(F)F)CC1. The van der Waals surface area contributed by atoms with Gasteiger partial charge in [0.05, 0.1) is 5.92 Å². The lowest BCUT2D eigenvalue weighted by atomic mass is 9.86. The smallest absolute Gasteiger partial charge is 0.410 e. The topological polar surface area (TPSA) is 58.6 Å². The number of amides is 2. The minimum Gasteiger partial charge on any atom is -0.444 e. The molecule has 2 atom stereocenters. The van der Waals surface area contributed by atoms with Gasteiger partial charge in [0.2, 0.25) is 6.41 Å². The first kappa shape index (κ1) is 22.8. The number of hydrogen-bond acceptors (Lipinski definition) is 3. The standard InChI is InChI=1S/C12H21NO2.C8H12F3NO/c1-12(2,3)15-11(14)13-9-5-4-6-10(13)8-7-9;9-8(10,11)6-1-3-7(4-2-6)12-5-13/h9-10H,4-8H2,1-3H3;5-7H,1-4H2,(H,12,13). The predicted molar refractivity (Wildman–Crippen MR) is 99.7 cm³/mol. The molecule has 0 aromatic rings.